The summed E-state index contributed by atoms with van der Waals surface area (Å²) >= 11 is 0. The molecule has 0 saturated carbocycles. The van der Waals surface area contributed by atoms with Gasteiger partial charge in [0.25, 0.3) is 0 Å². The van der Waals surface area contributed by atoms with E-state index >= 15 is 0 Å². The van der Waals surface area contributed by atoms with E-state index in [2.05, 4.69) is 45.7 Å². The minimum atomic E-state index is -2.17. The molecule has 1 rings (SSSR count). The average Bonchev–Trinajstić information content (AvgIpc) is 2.38. The standard InChI is InChI=1S/C16H28O3Si/c1-12(2)13(3)19-20(7,8)16(4)14(17-5)10-9-11-15(16)18-6/h10-11,13H,1,9H2,2-8H3. The molecule has 0 aromatic heterocycles. The largest absolute Gasteiger partial charge is 0.501 e. The van der Waals surface area contributed by atoms with Gasteiger partial charge in [0.1, 0.15) is 11.5 Å². The number of rotatable bonds is 6. The van der Waals surface area contributed by atoms with Gasteiger partial charge in [-0.05, 0) is 52.4 Å². The first-order valence-electron chi connectivity index (χ1n) is 7.03. The molecule has 1 unspecified atom stereocenters. The quantitative estimate of drug-likeness (QED) is 0.537. The Labute approximate surface area is 124 Å². The zero-order chi connectivity index (χ0) is 15.6. The maximum absolute atomic E-state index is 6.40. The van der Waals surface area contributed by atoms with Crippen LogP contribution in [0.2, 0.25) is 18.1 Å². The third-order valence-electron chi connectivity index (χ3n) is 4.40. The Hall–Kier alpha value is -1.00. The van der Waals surface area contributed by atoms with Gasteiger partial charge in [0.2, 0.25) is 8.32 Å². The van der Waals surface area contributed by atoms with Gasteiger partial charge in [0, 0.05) is 0 Å². The molecule has 3 nitrogen and oxygen atoms in total. The number of methoxy groups -OCH3 is 2. The molecule has 20 heavy (non-hydrogen) atoms. The van der Waals surface area contributed by atoms with Crippen molar-refractivity contribution in [2.24, 2.45) is 0 Å². The van der Waals surface area contributed by atoms with Crippen molar-refractivity contribution < 1.29 is 13.9 Å². The van der Waals surface area contributed by atoms with Crippen molar-refractivity contribution in [3.8, 4) is 0 Å². The van der Waals surface area contributed by atoms with Crippen LogP contribution in [0.5, 0.6) is 0 Å². The number of allylic oxidation sites excluding steroid dienone is 2. The summed E-state index contributed by atoms with van der Waals surface area (Å²) in [5.74, 6) is 1.89. The summed E-state index contributed by atoms with van der Waals surface area (Å²) in [5, 5.41) is -0.321. The molecule has 0 spiro atoms. The van der Waals surface area contributed by atoms with Crippen LogP contribution in [0, 0.1) is 0 Å². The molecule has 0 aromatic carbocycles. The van der Waals surface area contributed by atoms with Crippen LogP contribution in [0.4, 0.5) is 0 Å². The van der Waals surface area contributed by atoms with E-state index < -0.39 is 8.32 Å². The molecule has 0 amide bonds. The van der Waals surface area contributed by atoms with Crippen molar-refractivity contribution in [1.29, 1.82) is 0 Å². The Kier molecular flexibility index (Phi) is 5.27. The fourth-order valence-electron chi connectivity index (χ4n) is 2.63. The molecule has 0 aromatic rings. The molecule has 0 heterocycles. The van der Waals surface area contributed by atoms with E-state index in [0.717, 1.165) is 23.5 Å². The van der Waals surface area contributed by atoms with Gasteiger partial charge in [0.15, 0.2) is 0 Å². The first-order valence-corrected chi connectivity index (χ1v) is 9.94. The highest BCUT2D eigenvalue weighted by Crippen LogP contribution is 2.54. The Morgan fingerprint density at radius 2 is 1.70 bits per heavy atom. The van der Waals surface area contributed by atoms with Crippen LogP contribution in [-0.4, -0.2) is 28.6 Å². The van der Waals surface area contributed by atoms with E-state index in [0.29, 0.717) is 0 Å². The van der Waals surface area contributed by atoms with Crippen molar-refractivity contribution in [2.75, 3.05) is 14.2 Å². The first kappa shape index (κ1) is 17.0. The molecule has 0 fully saturated rings. The topological polar surface area (TPSA) is 27.7 Å². The smallest absolute Gasteiger partial charge is 0.208 e. The van der Waals surface area contributed by atoms with Crippen molar-refractivity contribution in [2.45, 2.75) is 51.4 Å². The maximum atomic E-state index is 6.40. The van der Waals surface area contributed by atoms with Crippen LogP contribution in [0.1, 0.15) is 27.2 Å². The van der Waals surface area contributed by atoms with E-state index in [1.807, 2.05) is 6.92 Å². The predicted octanol–water partition coefficient (Wildman–Crippen LogP) is 4.40. The van der Waals surface area contributed by atoms with E-state index in [1.54, 1.807) is 14.2 Å². The summed E-state index contributed by atoms with van der Waals surface area (Å²) in [6, 6.07) is 0. The molecule has 0 bridgehead atoms. The van der Waals surface area contributed by atoms with E-state index in [-0.39, 0.29) is 11.1 Å². The highest BCUT2D eigenvalue weighted by atomic mass is 28.4. The lowest BCUT2D eigenvalue weighted by molar-refractivity contribution is 0.169. The van der Waals surface area contributed by atoms with Crippen molar-refractivity contribution in [1.82, 2.24) is 0 Å². The fraction of sp³-hybridized carbons (Fsp3) is 0.625. The van der Waals surface area contributed by atoms with Crippen molar-refractivity contribution in [3.63, 3.8) is 0 Å². The van der Waals surface area contributed by atoms with Crippen LogP contribution in [0.15, 0.2) is 35.8 Å². The molecule has 114 valence electrons. The van der Waals surface area contributed by atoms with Crippen molar-refractivity contribution in [3.05, 3.63) is 35.8 Å². The molecule has 0 radical (unpaired) electrons. The molecule has 1 atom stereocenters. The second kappa shape index (κ2) is 6.18. The van der Waals surface area contributed by atoms with Gasteiger partial charge in [-0.2, -0.15) is 0 Å². The Bertz CT molecular complexity index is 415. The molecule has 0 saturated heterocycles. The molecule has 0 N–H and O–H groups in total. The lowest BCUT2D eigenvalue weighted by Gasteiger charge is -2.45. The third kappa shape index (κ3) is 2.86. The maximum Gasteiger partial charge on any atom is 0.208 e. The molecule has 4 heteroatoms. The minimum absolute atomic E-state index is 0.0339. The number of hydrogen-bond acceptors (Lipinski definition) is 3. The molecule has 1 aliphatic rings. The van der Waals surface area contributed by atoms with Gasteiger partial charge in [-0.15, -0.1) is 0 Å². The molecule has 1 aliphatic carbocycles. The Morgan fingerprint density at radius 1 is 1.25 bits per heavy atom. The normalized spacial score (nSPS) is 19.8. The summed E-state index contributed by atoms with van der Waals surface area (Å²) in [7, 11) is 1.27. The molecular weight excluding hydrogens is 268 g/mol. The van der Waals surface area contributed by atoms with Gasteiger partial charge in [0.05, 0.1) is 25.4 Å². The van der Waals surface area contributed by atoms with Gasteiger partial charge >= 0.3 is 0 Å². The summed E-state index contributed by atoms with van der Waals surface area (Å²) in [6.45, 7) is 14.6. The van der Waals surface area contributed by atoms with Crippen LogP contribution in [0.25, 0.3) is 0 Å². The average molecular weight is 296 g/mol. The fourth-order valence-corrected chi connectivity index (χ4v) is 5.55. The van der Waals surface area contributed by atoms with Crippen LogP contribution >= 0.6 is 0 Å². The zero-order valence-corrected chi connectivity index (χ0v) is 14.9. The predicted molar refractivity (Wildman–Crippen MR) is 86.0 cm³/mol. The van der Waals surface area contributed by atoms with Gasteiger partial charge in [-0.1, -0.05) is 12.2 Å². The monoisotopic (exact) mass is 296 g/mol. The van der Waals surface area contributed by atoms with E-state index in [1.165, 1.54) is 0 Å². The van der Waals surface area contributed by atoms with Gasteiger partial charge in [-0.25, -0.2) is 0 Å². The van der Waals surface area contributed by atoms with E-state index in [4.69, 9.17) is 13.9 Å². The summed E-state index contributed by atoms with van der Waals surface area (Å²) in [5.41, 5.74) is 1.04. The zero-order valence-electron chi connectivity index (χ0n) is 13.9. The van der Waals surface area contributed by atoms with Crippen molar-refractivity contribution >= 4 is 8.32 Å². The lowest BCUT2D eigenvalue weighted by Crippen LogP contribution is -2.49. The second-order valence-electron chi connectivity index (χ2n) is 6.02. The summed E-state index contributed by atoms with van der Waals surface area (Å²) < 4.78 is 17.7. The number of ether oxygens (including phenoxy) is 2. The first-order chi connectivity index (χ1) is 9.20. The molecular formula is C16H28O3Si. The van der Waals surface area contributed by atoms with Crippen LogP contribution in [0.3, 0.4) is 0 Å². The summed E-state index contributed by atoms with van der Waals surface area (Å²) in [6.07, 6.45) is 5.10. The van der Waals surface area contributed by atoms with Crippen LogP contribution in [-0.2, 0) is 13.9 Å². The Balaban J connectivity index is 3.20. The van der Waals surface area contributed by atoms with E-state index in [9.17, 15) is 0 Å². The Morgan fingerprint density at radius 3 is 2.05 bits per heavy atom. The van der Waals surface area contributed by atoms with Crippen LogP contribution < -0.4 is 0 Å². The van der Waals surface area contributed by atoms with Gasteiger partial charge < -0.3 is 13.9 Å². The highest BCUT2D eigenvalue weighted by molar-refractivity contribution is 6.75. The SMILES string of the molecule is C=C(C)C(C)O[Si](C)(C)C1(C)C(OC)=CCC=C1OC. The lowest BCUT2D eigenvalue weighted by atomic mass is 9.99. The highest BCUT2D eigenvalue weighted by Gasteiger charge is 2.54. The second-order valence-corrected chi connectivity index (χ2v) is 10.3. The third-order valence-corrected chi connectivity index (χ3v) is 8.25. The minimum Gasteiger partial charge on any atom is -0.501 e. The summed E-state index contributed by atoms with van der Waals surface area (Å²) in [4.78, 5) is 0. The number of hydrogen-bond donors (Lipinski definition) is 0. The molecule has 0 aliphatic heterocycles. The van der Waals surface area contributed by atoms with Gasteiger partial charge in [-0.3, -0.25) is 0 Å².